The van der Waals surface area contributed by atoms with Crippen LogP contribution in [0.5, 0.6) is 0 Å². The molecule has 0 saturated heterocycles. The number of pyridine rings is 1. The van der Waals surface area contributed by atoms with Crippen molar-refractivity contribution in [2.45, 2.75) is 25.7 Å². The molecular weight excluding hydrogens is 270 g/mol. The van der Waals surface area contributed by atoms with Gasteiger partial charge in [-0.3, -0.25) is 15.1 Å². The van der Waals surface area contributed by atoms with Crippen molar-refractivity contribution in [1.29, 1.82) is 0 Å². The van der Waals surface area contributed by atoms with Gasteiger partial charge in [-0.1, -0.05) is 12.8 Å². The topological polar surface area (TPSA) is 88.3 Å². The third-order valence-electron chi connectivity index (χ3n) is 3.34. The summed E-state index contributed by atoms with van der Waals surface area (Å²) in [5.74, 6) is 0. The lowest BCUT2D eigenvalue weighted by Crippen LogP contribution is -2.05. The molecule has 6 heteroatoms. The smallest absolute Gasteiger partial charge is 0.301 e. The van der Waals surface area contributed by atoms with Gasteiger partial charge in [-0.2, -0.15) is 0 Å². The van der Waals surface area contributed by atoms with Crippen LogP contribution in [-0.2, 0) is 0 Å². The maximum Gasteiger partial charge on any atom is 0.301 e. The highest BCUT2D eigenvalue weighted by atomic mass is 16.6. The molecule has 21 heavy (non-hydrogen) atoms. The first-order valence-corrected chi connectivity index (χ1v) is 7.11. The Bertz CT molecular complexity index is 616. The number of benzene rings is 1. The summed E-state index contributed by atoms with van der Waals surface area (Å²) in [6, 6.07) is 6.92. The summed E-state index contributed by atoms with van der Waals surface area (Å²) < 4.78 is 0. The molecule has 0 amide bonds. The summed E-state index contributed by atoms with van der Waals surface area (Å²) in [5.41, 5.74) is 1.23. The van der Waals surface area contributed by atoms with Gasteiger partial charge in [0, 0.05) is 19.3 Å². The van der Waals surface area contributed by atoms with Crippen LogP contribution >= 0.6 is 0 Å². The molecular formula is C15H19N3O3. The van der Waals surface area contributed by atoms with Crippen molar-refractivity contribution in [2.24, 2.45) is 0 Å². The van der Waals surface area contributed by atoms with Gasteiger partial charge < -0.3 is 10.4 Å². The van der Waals surface area contributed by atoms with Crippen molar-refractivity contribution >= 4 is 22.3 Å². The van der Waals surface area contributed by atoms with Gasteiger partial charge in [-0.25, -0.2) is 0 Å². The summed E-state index contributed by atoms with van der Waals surface area (Å²) in [6.07, 6.45) is 5.32. The number of anilines is 1. The van der Waals surface area contributed by atoms with Gasteiger partial charge in [-0.15, -0.1) is 0 Å². The van der Waals surface area contributed by atoms with Crippen molar-refractivity contribution in [3.63, 3.8) is 0 Å². The zero-order chi connectivity index (χ0) is 15.1. The number of hydrogen-bond donors (Lipinski definition) is 2. The molecule has 0 saturated carbocycles. The fourth-order valence-corrected chi connectivity index (χ4v) is 2.29. The van der Waals surface area contributed by atoms with Crippen LogP contribution in [0.2, 0.25) is 0 Å². The molecule has 0 radical (unpaired) electrons. The predicted octanol–water partition coefficient (Wildman–Crippen LogP) is 3.11. The van der Waals surface area contributed by atoms with E-state index in [0.29, 0.717) is 23.1 Å². The molecule has 2 rings (SSSR count). The summed E-state index contributed by atoms with van der Waals surface area (Å²) in [6.45, 7) is 0.897. The fourth-order valence-electron chi connectivity index (χ4n) is 2.29. The Kier molecular flexibility index (Phi) is 5.45. The standard InChI is InChI=1S/C15H19N3O3/c19-11-4-2-1-3-9-17-14-8-7-13-12(6-5-10-16-13)15(14)18(20)21/h5-8,10,17,19H,1-4,9,11H2. The molecule has 1 heterocycles. The number of nitro groups is 1. The SMILES string of the molecule is O=[N+]([O-])c1c(NCCCCCCO)ccc2ncccc12. The molecule has 1 aromatic heterocycles. The average molecular weight is 289 g/mol. The minimum atomic E-state index is -0.363. The maximum atomic E-state index is 11.3. The van der Waals surface area contributed by atoms with Crippen LogP contribution in [0.3, 0.4) is 0 Å². The van der Waals surface area contributed by atoms with Crippen LogP contribution in [0, 0.1) is 10.1 Å². The normalized spacial score (nSPS) is 10.7. The van der Waals surface area contributed by atoms with Crippen molar-refractivity contribution in [3.8, 4) is 0 Å². The van der Waals surface area contributed by atoms with Crippen molar-refractivity contribution in [2.75, 3.05) is 18.5 Å². The van der Waals surface area contributed by atoms with Crippen molar-refractivity contribution in [1.82, 2.24) is 4.98 Å². The van der Waals surface area contributed by atoms with Gasteiger partial charge in [0.05, 0.1) is 15.8 Å². The molecule has 0 aliphatic carbocycles. The third kappa shape index (κ3) is 3.88. The second-order valence-electron chi connectivity index (χ2n) is 4.85. The first-order chi connectivity index (χ1) is 10.2. The van der Waals surface area contributed by atoms with Gasteiger partial charge in [0.15, 0.2) is 0 Å². The zero-order valence-corrected chi connectivity index (χ0v) is 11.8. The summed E-state index contributed by atoms with van der Waals surface area (Å²) >= 11 is 0. The Labute approximate surface area is 123 Å². The predicted molar refractivity (Wildman–Crippen MR) is 82.4 cm³/mol. The van der Waals surface area contributed by atoms with E-state index in [2.05, 4.69) is 10.3 Å². The number of hydrogen-bond acceptors (Lipinski definition) is 5. The lowest BCUT2D eigenvalue weighted by molar-refractivity contribution is -0.382. The van der Waals surface area contributed by atoms with E-state index >= 15 is 0 Å². The van der Waals surface area contributed by atoms with Crippen molar-refractivity contribution < 1.29 is 10.0 Å². The van der Waals surface area contributed by atoms with E-state index in [-0.39, 0.29) is 17.2 Å². The number of nitrogens with zero attached hydrogens (tertiary/aromatic N) is 2. The van der Waals surface area contributed by atoms with Gasteiger partial charge in [0.2, 0.25) is 0 Å². The van der Waals surface area contributed by atoms with Crippen LogP contribution in [-0.4, -0.2) is 28.2 Å². The third-order valence-corrected chi connectivity index (χ3v) is 3.34. The lowest BCUT2D eigenvalue weighted by Gasteiger charge is -2.08. The molecule has 0 unspecified atom stereocenters. The first-order valence-electron chi connectivity index (χ1n) is 7.11. The monoisotopic (exact) mass is 289 g/mol. The molecule has 0 atom stereocenters. The van der Waals surface area contributed by atoms with Gasteiger partial charge in [0.1, 0.15) is 5.69 Å². The molecule has 0 fully saturated rings. The Morgan fingerprint density at radius 1 is 1.19 bits per heavy atom. The molecule has 1 aromatic carbocycles. The number of unbranched alkanes of at least 4 members (excludes halogenated alkanes) is 3. The molecule has 0 aliphatic rings. The van der Waals surface area contributed by atoms with Gasteiger partial charge in [-0.05, 0) is 37.1 Å². The van der Waals surface area contributed by atoms with Crippen molar-refractivity contribution in [3.05, 3.63) is 40.6 Å². The number of nitro benzene ring substituents is 1. The maximum absolute atomic E-state index is 11.3. The first kappa shape index (κ1) is 15.2. The second kappa shape index (κ2) is 7.54. The van der Waals surface area contributed by atoms with Crippen LogP contribution in [0.15, 0.2) is 30.5 Å². The molecule has 0 spiro atoms. The lowest BCUT2D eigenvalue weighted by atomic mass is 10.1. The highest BCUT2D eigenvalue weighted by Gasteiger charge is 2.18. The average Bonchev–Trinajstić information content (AvgIpc) is 2.50. The molecule has 0 bridgehead atoms. The summed E-state index contributed by atoms with van der Waals surface area (Å²) in [4.78, 5) is 15.1. The quantitative estimate of drug-likeness (QED) is 0.443. The molecule has 112 valence electrons. The Balaban J connectivity index is 2.09. The van der Waals surface area contributed by atoms with E-state index in [1.54, 1.807) is 30.5 Å². The van der Waals surface area contributed by atoms with E-state index < -0.39 is 0 Å². The molecule has 2 N–H and O–H groups in total. The molecule has 2 aromatic rings. The molecule has 0 aliphatic heterocycles. The number of fused-ring (bicyclic) bond motifs is 1. The Hall–Kier alpha value is -2.21. The van der Waals surface area contributed by atoms with E-state index in [1.807, 2.05) is 0 Å². The van der Waals surface area contributed by atoms with E-state index in [9.17, 15) is 10.1 Å². The van der Waals surface area contributed by atoms with E-state index in [4.69, 9.17) is 5.11 Å². The van der Waals surface area contributed by atoms with Crippen LogP contribution in [0.4, 0.5) is 11.4 Å². The molecule has 6 nitrogen and oxygen atoms in total. The van der Waals surface area contributed by atoms with E-state index in [0.717, 1.165) is 25.7 Å². The minimum Gasteiger partial charge on any atom is -0.396 e. The Morgan fingerprint density at radius 3 is 2.76 bits per heavy atom. The van der Waals surface area contributed by atoms with Gasteiger partial charge >= 0.3 is 5.69 Å². The minimum absolute atomic E-state index is 0.0796. The second-order valence-corrected chi connectivity index (χ2v) is 4.85. The van der Waals surface area contributed by atoms with Crippen LogP contribution in [0.1, 0.15) is 25.7 Å². The Morgan fingerprint density at radius 2 is 2.00 bits per heavy atom. The zero-order valence-electron chi connectivity index (χ0n) is 11.8. The number of aliphatic hydroxyl groups excluding tert-OH is 1. The highest BCUT2D eigenvalue weighted by molar-refractivity contribution is 5.94. The summed E-state index contributed by atoms with van der Waals surface area (Å²) in [7, 11) is 0. The van der Waals surface area contributed by atoms with Crippen LogP contribution in [0.25, 0.3) is 10.9 Å². The number of aliphatic hydroxyl groups is 1. The highest BCUT2D eigenvalue weighted by Crippen LogP contribution is 2.32. The van der Waals surface area contributed by atoms with Gasteiger partial charge in [0.25, 0.3) is 0 Å². The number of nitrogens with one attached hydrogen (secondary N) is 1. The number of aromatic nitrogens is 1. The largest absolute Gasteiger partial charge is 0.396 e. The summed E-state index contributed by atoms with van der Waals surface area (Å²) in [5, 5.41) is 23.7. The van der Waals surface area contributed by atoms with Crippen LogP contribution < -0.4 is 5.32 Å². The van der Waals surface area contributed by atoms with E-state index in [1.165, 1.54) is 0 Å². The fraction of sp³-hybridized carbons (Fsp3) is 0.400. The number of rotatable bonds is 8.